The summed E-state index contributed by atoms with van der Waals surface area (Å²) in [6.07, 6.45) is 0. The summed E-state index contributed by atoms with van der Waals surface area (Å²) >= 11 is 0. The molecule has 0 fully saturated rings. The van der Waals surface area contributed by atoms with Gasteiger partial charge in [0.1, 0.15) is 5.82 Å². The predicted octanol–water partition coefficient (Wildman–Crippen LogP) is 3.17. The number of ether oxygens (including phenoxy) is 1. The molecule has 26 heavy (non-hydrogen) atoms. The first-order valence-corrected chi connectivity index (χ1v) is 8.59. The number of nitrogens with two attached hydrogens (primary N) is 1. The van der Waals surface area contributed by atoms with Gasteiger partial charge in [0, 0.05) is 5.56 Å². The highest BCUT2D eigenvalue weighted by atomic mass is 16.5. The summed E-state index contributed by atoms with van der Waals surface area (Å²) in [5, 5.41) is 0. The number of hydrogen-bond acceptors (Lipinski definition) is 5. The monoisotopic (exact) mass is 353 g/mol. The van der Waals surface area contributed by atoms with E-state index < -0.39 is 5.60 Å². The largest absolute Gasteiger partial charge is 0.474 e. The number of aromatic nitrogens is 1. The number of benzene rings is 1. The van der Waals surface area contributed by atoms with E-state index in [1.807, 2.05) is 12.1 Å². The third-order valence-electron chi connectivity index (χ3n) is 4.44. The number of nitrogen functional groups attached to an aromatic ring is 1. The number of nitrogens with zero attached hydrogens (tertiary/aromatic N) is 2. The average Bonchev–Trinajstić information content (AvgIpc) is 2.59. The Balaban J connectivity index is 1.91. The summed E-state index contributed by atoms with van der Waals surface area (Å²) in [5.41, 5.74) is 6.39. The third kappa shape index (κ3) is 3.27. The highest BCUT2D eigenvalue weighted by Gasteiger charge is 2.42. The number of anilines is 2. The molecule has 3 rings (SSSR count). The van der Waals surface area contributed by atoms with Crippen LogP contribution < -0.4 is 15.4 Å². The maximum Gasteiger partial charge on any atom is 0.272 e. The van der Waals surface area contributed by atoms with Crippen LogP contribution in [0.15, 0.2) is 36.4 Å². The first kappa shape index (κ1) is 17.9. The Hall–Kier alpha value is -2.89. The van der Waals surface area contributed by atoms with Gasteiger partial charge < -0.3 is 10.5 Å². The number of rotatable bonds is 4. The molecule has 1 amide bonds. The summed E-state index contributed by atoms with van der Waals surface area (Å²) < 4.78 is 5.73. The van der Waals surface area contributed by atoms with Crippen molar-refractivity contribution in [2.75, 3.05) is 17.2 Å². The van der Waals surface area contributed by atoms with Crippen LogP contribution in [0.4, 0.5) is 11.6 Å². The molecule has 2 N–H and O–H groups in total. The van der Waals surface area contributed by atoms with E-state index >= 15 is 0 Å². The third-order valence-corrected chi connectivity index (χ3v) is 4.44. The van der Waals surface area contributed by atoms with E-state index in [4.69, 9.17) is 10.5 Å². The zero-order valence-corrected chi connectivity index (χ0v) is 15.4. The molecule has 1 aromatic heterocycles. The van der Waals surface area contributed by atoms with Crippen LogP contribution in [0.1, 0.15) is 49.5 Å². The Morgan fingerprint density at radius 3 is 2.46 bits per heavy atom. The molecule has 2 aromatic rings. The van der Waals surface area contributed by atoms with Crippen molar-refractivity contribution in [1.29, 1.82) is 0 Å². The molecular formula is C20H23N3O3. The summed E-state index contributed by atoms with van der Waals surface area (Å²) in [6.45, 7) is 7.42. The molecule has 0 unspecified atom stereocenters. The van der Waals surface area contributed by atoms with Gasteiger partial charge >= 0.3 is 0 Å². The molecule has 136 valence electrons. The van der Waals surface area contributed by atoms with E-state index in [1.54, 1.807) is 38.1 Å². The lowest BCUT2D eigenvalue weighted by Gasteiger charge is -2.37. The molecule has 2 heterocycles. The maximum absolute atomic E-state index is 12.8. The number of fused-ring (bicyclic) bond motifs is 1. The van der Waals surface area contributed by atoms with Crippen LogP contribution in [-0.4, -0.2) is 28.8 Å². The van der Waals surface area contributed by atoms with Crippen LogP contribution in [-0.2, 0) is 4.79 Å². The average molecular weight is 353 g/mol. The van der Waals surface area contributed by atoms with Gasteiger partial charge in [0.15, 0.2) is 23.0 Å². The first-order chi connectivity index (χ1) is 12.2. The minimum absolute atomic E-state index is 0.115. The fourth-order valence-corrected chi connectivity index (χ4v) is 2.90. The SMILES string of the molecule is CC(C)c1ccc(C(=O)CN2C(=O)C(C)(C)Oc3ccc(N)nc32)cc1. The van der Waals surface area contributed by atoms with Crippen LogP contribution in [0, 0.1) is 0 Å². The second kappa shape index (κ2) is 6.44. The Bertz CT molecular complexity index is 857. The molecule has 0 radical (unpaired) electrons. The topological polar surface area (TPSA) is 85.5 Å². The maximum atomic E-state index is 12.8. The van der Waals surface area contributed by atoms with E-state index in [0.717, 1.165) is 5.56 Å². The van der Waals surface area contributed by atoms with Crippen molar-refractivity contribution in [3.8, 4) is 5.75 Å². The minimum Gasteiger partial charge on any atom is -0.474 e. The van der Waals surface area contributed by atoms with Crippen molar-refractivity contribution >= 4 is 23.3 Å². The molecule has 1 aliphatic rings. The van der Waals surface area contributed by atoms with E-state index in [0.29, 0.717) is 17.2 Å². The number of amides is 1. The van der Waals surface area contributed by atoms with Crippen molar-refractivity contribution in [2.24, 2.45) is 0 Å². The fourth-order valence-electron chi connectivity index (χ4n) is 2.90. The second-order valence-electron chi connectivity index (χ2n) is 7.26. The van der Waals surface area contributed by atoms with E-state index in [2.05, 4.69) is 18.8 Å². The molecular weight excluding hydrogens is 330 g/mol. The van der Waals surface area contributed by atoms with Crippen LogP contribution in [0.25, 0.3) is 0 Å². The highest BCUT2D eigenvalue weighted by molar-refractivity contribution is 6.09. The van der Waals surface area contributed by atoms with E-state index in [-0.39, 0.29) is 29.9 Å². The van der Waals surface area contributed by atoms with Gasteiger partial charge in [-0.3, -0.25) is 14.5 Å². The van der Waals surface area contributed by atoms with Gasteiger partial charge in [0.25, 0.3) is 5.91 Å². The number of carbonyl (C=O) groups excluding carboxylic acids is 2. The molecule has 1 aromatic carbocycles. The lowest BCUT2D eigenvalue weighted by Crippen LogP contribution is -2.54. The minimum atomic E-state index is -1.08. The quantitative estimate of drug-likeness (QED) is 0.853. The predicted molar refractivity (Wildman–Crippen MR) is 101 cm³/mol. The van der Waals surface area contributed by atoms with Crippen LogP contribution in [0.3, 0.4) is 0 Å². The van der Waals surface area contributed by atoms with Crippen molar-refractivity contribution in [3.05, 3.63) is 47.5 Å². The molecule has 6 nitrogen and oxygen atoms in total. The van der Waals surface area contributed by atoms with Crippen LogP contribution in [0.2, 0.25) is 0 Å². The molecule has 0 aliphatic carbocycles. The summed E-state index contributed by atoms with van der Waals surface area (Å²) in [7, 11) is 0. The fraction of sp³-hybridized carbons (Fsp3) is 0.350. The van der Waals surface area contributed by atoms with Crippen molar-refractivity contribution in [2.45, 2.75) is 39.2 Å². The molecule has 0 spiro atoms. The number of hydrogen-bond donors (Lipinski definition) is 1. The van der Waals surface area contributed by atoms with Crippen molar-refractivity contribution in [1.82, 2.24) is 4.98 Å². The molecule has 0 atom stereocenters. The highest BCUT2D eigenvalue weighted by Crippen LogP contribution is 2.36. The zero-order chi connectivity index (χ0) is 19.1. The van der Waals surface area contributed by atoms with Gasteiger partial charge in [-0.05, 0) is 37.5 Å². The van der Waals surface area contributed by atoms with Gasteiger partial charge in [-0.1, -0.05) is 38.1 Å². The summed E-state index contributed by atoms with van der Waals surface area (Å²) in [5.74, 6) is 0.878. The van der Waals surface area contributed by atoms with Crippen LogP contribution >= 0.6 is 0 Å². The Kier molecular flexibility index (Phi) is 4.44. The van der Waals surface area contributed by atoms with Crippen LogP contribution in [0.5, 0.6) is 5.75 Å². The molecule has 0 saturated heterocycles. The van der Waals surface area contributed by atoms with Crippen molar-refractivity contribution < 1.29 is 14.3 Å². The lowest BCUT2D eigenvalue weighted by molar-refractivity contribution is -0.132. The van der Waals surface area contributed by atoms with Gasteiger partial charge in [-0.25, -0.2) is 4.98 Å². The number of pyridine rings is 1. The van der Waals surface area contributed by atoms with E-state index in [1.165, 1.54) is 4.90 Å². The Morgan fingerprint density at radius 1 is 1.19 bits per heavy atom. The van der Waals surface area contributed by atoms with E-state index in [9.17, 15) is 9.59 Å². The van der Waals surface area contributed by atoms with Gasteiger partial charge in [-0.15, -0.1) is 0 Å². The summed E-state index contributed by atoms with van der Waals surface area (Å²) in [4.78, 5) is 31.1. The van der Waals surface area contributed by atoms with Gasteiger partial charge in [0.05, 0.1) is 6.54 Å². The molecule has 0 saturated carbocycles. The standard InChI is InChI=1S/C20H23N3O3/c1-12(2)13-5-7-14(8-6-13)15(24)11-23-18-16(9-10-17(21)22-18)26-20(3,4)19(23)25/h5-10,12H,11H2,1-4H3,(H2,21,22). The van der Waals surface area contributed by atoms with Gasteiger partial charge in [-0.2, -0.15) is 0 Å². The molecule has 0 bridgehead atoms. The lowest BCUT2D eigenvalue weighted by atomic mass is 10.00. The molecule has 6 heteroatoms. The van der Waals surface area contributed by atoms with Crippen molar-refractivity contribution in [3.63, 3.8) is 0 Å². The zero-order valence-electron chi connectivity index (χ0n) is 15.4. The van der Waals surface area contributed by atoms with Gasteiger partial charge in [0.2, 0.25) is 0 Å². The number of Topliss-reactive ketones (excluding diaryl/α,β-unsaturated/α-hetero) is 1. The normalized spacial score (nSPS) is 15.6. The first-order valence-electron chi connectivity index (χ1n) is 8.59. The Labute approximate surface area is 153 Å². The number of carbonyl (C=O) groups is 2. The number of ketones is 1. The summed E-state index contributed by atoms with van der Waals surface area (Å²) in [6, 6.07) is 10.7. The smallest absolute Gasteiger partial charge is 0.272 e. The molecule has 1 aliphatic heterocycles. The second-order valence-corrected chi connectivity index (χ2v) is 7.26. The Morgan fingerprint density at radius 2 is 1.85 bits per heavy atom.